The van der Waals surface area contributed by atoms with Gasteiger partial charge in [-0.1, -0.05) is 0 Å². The van der Waals surface area contributed by atoms with E-state index in [9.17, 15) is 14.4 Å². The largest absolute Gasteiger partial charge is 0.504 e. The summed E-state index contributed by atoms with van der Waals surface area (Å²) in [5.74, 6) is -0.707. The third-order valence-electron chi connectivity index (χ3n) is 2.46. The molecule has 1 aliphatic rings. The molecule has 0 heterocycles. The average molecular weight is 210 g/mol. The van der Waals surface area contributed by atoms with Crippen molar-refractivity contribution in [2.75, 3.05) is 7.11 Å². The zero-order valence-corrected chi connectivity index (χ0v) is 8.69. The maximum Gasteiger partial charge on any atom is 0.158 e. The van der Waals surface area contributed by atoms with Crippen molar-refractivity contribution in [3.63, 3.8) is 0 Å². The van der Waals surface area contributed by atoms with Crippen molar-refractivity contribution in [2.45, 2.75) is 25.7 Å². The Bertz CT molecular complexity index is 288. The molecule has 0 aromatic heterocycles. The summed E-state index contributed by atoms with van der Waals surface area (Å²) in [7, 11) is 1.45. The summed E-state index contributed by atoms with van der Waals surface area (Å²) in [6.07, 6.45) is 3.84. The molecular formula is C11H14O4. The Morgan fingerprint density at radius 3 is 2.53 bits per heavy atom. The van der Waals surface area contributed by atoms with Crippen molar-refractivity contribution >= 4 is 17.3 Å². The normalized spacial score (nSPS) is 17.7. The van der Waals surface area contributed by atoms with Crippen LogP contribution in [0.1, 0.15) is 25.7 Å². The Morgan fingerprint density at radius 1 is 1.40 bits per heavy atom. The molecule has 0 amide bonds. The summed E-state index contributed by atoms with van der Waals surface area (Å²) >= 11 is 0. The van der Waals surface area contributed by atoms with E-state index in [2.05, 4.69) is 4.74 Å². The van der Waals surface area contributed by atoms with E-state index in [0.29, 0.717) is 19.3 Å². The Labute approximate surface area is 88.3 Å². The lowest BCUT2D eigenvalue weighted by atomic mass is 9.98. The minimum atomic E-state index is -0.537. The molecule has 1 aliphatic carbocycles. The minimum Gasteiger partial charge on any atom is -0.504 e. The van der Waals surface area contributed by atoms with Crippen LogP contribution >= 0.6 is 0 Å². The molecule has 0 bridgehead atoms. The number of allylic oxidation sites excluding steroid dienone is 1. The van der Waals surface area contributed by atoms with E-state index in [0.717, 1.165) is 0 Å². The third-order valence-corrected chi connectivity index (χ3v) is 2.46. The number of ketones is 3. The van der Waals surface area contributed by atoms with Gasteiger partial charge in [-0.3, -0.25) is 14.4 Å². The summed E-state index contributed by atoms with van der Waals surface area (Å²) in [6.45, 7) is 0. The number of rotatable bonds is 5. The van der Waals surface area contributed by atoms with E-state index in [4.69, 9.17) is 0 Å². The smallest absolute Gasteiger partial charge is 0.158 e. The van der Waals surface area contributed by atoms with E-state index in [1.54, 1.807) is 0 Å². The zero-order valence-electron chi connectivity index (χ0n) is 8.69. The Balaban J connectivity index is 2.36. The highest BCUT2D eigenvalue weighted by molar-refractivity contribution is 6.08. The molecule has 1 rings (SSSR count). The van der Waals surface area contributed by atoms with Gasteiger partial charge in [0.25, 0.3) is 0 Å². The van der Waals surface area contributed by atoms with E-state index in [1.807, 2.05) is 0 Å². The van der Waals surface area contributed by atoms with Crippen LogP contribution in [0.3, 0.4) is 0 Å². The molecule has 1 saturated carbocycles. The lowest BCUT2D eigenvalue weighted by Gasteiger charge is -2.03. The highest BCUT2D eigenvalue weighted by atomic mass is 16.5. The van der Waals surface area contributed by atoms with Gasteiger partial charge >= 0.3 is 0 Å². The molecule has 4 heteroatoms. The van der Waals surface area contributed by atoms with E-state index >= 15 is 0 Å². The number of Topliss-reactive ketones (excluding diaryl/α,β-unsaturated/α-hetero) is 2. The summed E-state index contributed by atoms with van der Waals surface area (Å²) in [5, 5.41) is 0. The van der Waals surface area contributed by atoms with Gasteiger partial charge in [0.05, 0.1) is 19.3 Å². The fraction of sp³-hybridized carbons (Fsp3) is 0.545. The maximum atomic E-state index is 11.2. The molecule has 0 atom stereocenters. The van der Waals surface area contributed by atoms with Crippen molar-refractivity contribution < 1.29 is 19.1 Å². The second kappa shape index (κ2) is 5.44. The molecule has 0 aromatic carbocycles. The molecule has 0 radical (unpaired) electrons. The van der Waals surface area contributed by atoms with Gasteiger partial charge in [0.15, 0.2) is 5.78 Å². The van der Waals surface area contributed by atoms with Gasteiger partial charge in [-0.15, -0.1) is 0 Å². The third kappa shape index (κ3) is 3.31. The molecule has 4 nitrogen and oxygen atoms in total. The Kier molecular flexibility index (Phi) is 4.21. The van der Waals surface area contributed by atoms with E-state index in [1.165, 1.54) is 19.4 Å². The van der Waals surface area contributed by atoms with Gasteiger partial charge in [0.2, 0.25) is 0 Å². The average Bonchev–Trinajstić information content (AvgIpc) is 2.53. The number of hydrogen-bond acceptors (Lipinski definition) is 4. The molecule has 0 N–H and O–H groups in total. The van der Waals surface area contributed by atoms with Crippen LogP contribution in [0.25, 0.3) is 0 Å². The fourth-order valence-electron chi connectivity index (χ4n) is 1.61. The fourth-order valence-corrected chi connectivity index (χ4v) is 1.61. The predicted molar refractivity (Wildman–Crippen MR) is 53.1 cm³/mol. The molecule has 0 spiro atoms. The number of methoxy groups -OCH3 is 1. The van der Waals surface area contributed by atoms with Crippen molar-refractivity contribution in [3.8, 4) is 0 Å². The number of carbonyl (C=O) groups is 3. The number of hydrogen-bond donors (Lipinski definition) is 0. The molecule has 0 aliphatic heterocycles. The molecule has 0 unspecified atom stereocenters. The minimum absolute atomic E-state index is 0.0245. The van der Waals surface area contributed by atoms with Crippen LogP contribution in [0.5, 0.6) is 0 Å². The first-order valence-corrected chi connectivity index (χ1v) is 4.92. The van der Waals surface area contributed by atoms with Crippen LogP contribution in [0, 0.1) is 5.92 Å². The second-order valence-corrected chi connectivity index (χ2v) is 3.53. The van der Waals surface area contributed by atoms with Gasteiger partial charge in [-0.25, -0.2) is 0 Å². The van der Waals surface area contributed by atoms with E-state index < -0.39 is 5.92 Å². The summed E-state index contributed by atoms with van der Waals surface area (Å²) in [4.78, 5) is 33.7. The SMILES string of the molecule is CO/C=C/C(=O)CCC1C(=O)CCC1=O. The summed E-state index contributed by atoms with van der Waals surface area (Å²) < 4.78 is 4.59. The van der Waals surface area contributed by atoms with Crippen LogP contribution < -0.4 is 0 Å². The van der Waals surface area contributed by atoms with Gasteiger partial charge < -0.3 is 4.74 Å². The lowest BCUT2D eigenvalue weighted by Crippen LogP contribution is -2.15. The highest BCUT2D eigenvalue weighted by Gasteiger charge is 2.32. The van der Waals surface area contributed by atoms with Crippen molar-refractivity contribution in [2.24, 2.45) is 5.92 Å². The molecule has 0 saturated heterocycles. The van der Waals surface area contributed by atoms with Crippen molar-refractivity contribution in [1.82, 2.24) is 0 Å². The molecule has 0 aromatic rings. The first-order valence-electron chi connectivity index (χ1n) is 4.92. The number of ether oxygens (including phenoxy) is 1. The van der Waals surface area contributed by atoms with Crippen LogP contribution in [-0.4, -0.2) is 24.5 Å². The molecular weight excluding hydrogens is 196 g/mol. The standard InChI is InChI=1S/C11H14O4/c1-15-7-6-8(12)2-3-9-10(13)4-5-11(9)14/h6-7,9H,2-5H2,1H3/b7-6+. The van der Waals surface area contributed by atoms with Crippen LogP contribution in [0.15, 0.2) is 12.3 Å². The second-order valence-electron chi connectivity index (χ2n) is 3.53. The van der Waals surface area contributed by atoms with Gasteiger partial charge in [-0.2, -0.15) is 0 Å². The zero-order chi connectivity index (χ0) is 11.3. The summed E-state index contributed by atoms with van der Waals surface area (Å²) in [6, 6.07) is 0. The monoisotopic (exact) mass is 210 g/mol. The first-order chi connectivity index (χ1) is 7.15. The number of carbonyl (C=O) groups excluding carboxylic acids is 3. The van der Waals surface area contributed by atoms with E-state index in [-0.39, 0.29) is 23.8 Å². The molecule has 15 heavy (non-hydrogen) atoms. The Hall–Kier alpha value is -1.45. The maximum absolute atomic E-state index is 11.2. The van der Waals surface area contributed by atoms with Crippen molar-refractivity contribution in [3.05, 3.63) is 12.3 Å². The Morgan fingerprint density at radius 2 is 2.00 bits per heavy atom. The van der Waals surface area contributed by atoms with Crippen LogP contribution in [-0.2, 0) is 19.1 Å². The highest BCUT2D eigenvalue weighted by Crippen LogP contribution is 2.22. The topological polar surface area (TPSA) is 60.4 Å². The van der Waals surface area contributed by atoms with Crippen LogP contribution in [0.4, 0.5) is 0 Å². The van der Waals surface area contributed by atoms with Gasteiger partial charge in [-0.05, 0) is 6.42 Å². The summed E-state index contributed by atoms with van der Waals surface area (Å²) in [5.41, 5.74) is 0. The quantitative estimate of drug-likeness (QED) is 0.386. The first kappa shape index (κ1) is 11.6. The van der Waals surface area contributed by atoms with Crippen molar-refractivity contribution in [1.29, 1.82) is 0 Å². The molecule has 82 valence electrons. The molecule has 1 fully saturated rings. The lowest BCUT2D eigenvalue weighted by molar-refractivity contribution is -0.127. The van der Waals surface area contributed by atoms with Gasteiger partial charge in [0, 0.05) is 25.3 Å². The predicted octanol–water partition coefficient (Wildman–Crippen LogP) is 1.04. The van der Waals surface area contributed by atoms with Crippen LogP contribution in [0.2, 0.25) is 0 Å². The van der Waals surface area contributed by atoms with Gasteiger partial charge in [0.1, 0.15) is 11.6 Å².